The van der Waals surface area contributed by atoms with E-state index in [0.29, 0.717) is 10.4 Å². The summed E-state index contributed by atoms with van der Waals surface area (Å²) < 4.78 is 2.35. The van der Waals surface area contributed by atoms with Gasteiger partial charge in [0.15, 0.2) is 0 Å². The van der Waals surface area contributed by atoms with E-state index in [-0.39, 0.29) is 11.1 Å². The molecule has 1 N–H and O–H groups in total. The summed E-state index contributed by atoms with van der Waals surface area (Å²) in [5.41, 5.74) is 0.817. The highest BCUT2D eigenvalue weighted by molar-refractivity contribution is 9.10. The number of nitrogens with zero attached hydrogens (tertiary/aromatic N) is 1. The number of hydrogen-bond donors (Lipinski definition) is 1. The van der Waals surface area contributed by atoms with Crippen LogP contribution in [0.3, 0.4) is 0 Å². The van der Waals surface area contributed by atoms with Crippen LogP contribution in [0.5, 0.6) is 0 Å². The summed E-state index contributed by atoms with van der Waals surface area (Å²) in [5.74, 6) is 0.535. The smallest absolute Gasteiger partial charge is 0.281 e. The van der Waals surface area contributed by atoms with Gasteiger partial charge in [0.25, 0.3) is 5.56 Å². The first-order valence-corrected chi connectivity index (χ1v) is 6.02. The van der Waals surface area contributed by atoms with E-state index in [1.807, 2.05) is 20.8 Å². The molecule has 1 aromatic rings. The van der Waals surface area contributed by atoms with Crippen molar-refractivity contribution in [2.24, 2.45) is 5.92 Å². The summed E-state index contributed by atoms with van der Waals surface area (Å²) >= 11 is 3.36. The molecule has 0 atom stereocenters. The number of halogens is 1. The molecule has 0 aliphatic carbocycles. The van der Waals surface area contributed by atoms with Gasteiger partial charge in [-0.25, -0.2) is 4.68 Å². The predicted molar refractivity (Wildman–Crippen MR) is 66.3 cm³/mol. The first-order chi connectivity index (χ1) is 6.73. The van der Waals surface area contributed by atoms with Crippen molar-refractivity contribution < 1.29 is 0 Å². The zero-order valence-electron chi connectivity index (χ0n) is 10.0. The molecule has 1 rings (SSSR count). The molecular formula is C11H19BrN2O. The third-order valence-corrected chi connectivity index (χ3v) is 3.00. The van der Waals surface area contributed by atoms with Gasteiger partial charge in [0.05, 0.1) is 11.2 Å². The number of hydrogen-bond acceptors (Lipinski definition) is 1. The van der Waals surface area contributed by atoms with Crippen LogP contribution in [0.4, 0.5) is 0 Å². The maximum atomic E-state index is 11.9. The standard InChI is InChI=1S/C11H19BrN2O/c1-7(2)6-8-9(12)10(15)14(13-8)11(3,4)5/h7,13H,6H2,1-5H3. The lowest BCUT2D eigenvalue weighted by atomic mass is 10.1. The van der Waals surface area contributed by atoms with Crippen LogP contribution in [0.25, 0.3) is 0 Å². The van der Waals surface area contributed by atoms with Gasteiger partial charge < -0.3 is 0 Å². The fourth-order valence-electron chi connectivity index (χ4n) is 1.48. The number of aromatic amines is 1. The second-order valence-corrected chi connectivity index (χ2v) is 6.11. The molecule has 1 heterocycles. The van der Waals surface area contributed by atoms with Crippen molar-refractivity contribution in [1.29, 1.82) is 0 Å². The second kappa shape index (κ2) is 4.16. The van der Waals surface area contributed by atoms with Crippen LogP contribution in [0.15, 0.2) is 9.27 Å². The van der Waals surface area contributed by atoms with E-state index < -0.39 is 0 Å². The first kappa shape index (κ1) is 12.6. The van der Waals surface area contributed by atoms with Crippen LogP contribution in [0.1, 0.15) is 40.3 Å². The van der Waals surface area contributed by atoms with Gasteiger partial charge in [-0.05, 0) is 49.0 Å². The number of nitrogens with one attached hydrogen (secondary N) is 1. The Kier molecular flexibility index (Phi) is 3.48. The van der Waals surface area contributed by atoms with Crippen molar-refractivity contribution in [3.05, 3.63) is 20.5 Å². The summed E-state index contributed by atoms with van der Waals surface area (Å²) in [6.07, 6.45) is 0.888. The van der Waals surface area contributed by atoms with E-state index in [0.717, 1.165) is 12.1 Å². The van der Waals surface area contributed by atoms with Crippen molar-refractivity contribution in [3.63, 3.8) is 0 Å². The fraction of sp³-hybridized carbons (Fsp3) is 0.727. The van der Waals surface area contributed by atoms with Crippen LogP contribution in [-0.4, -0.2) is 9.78 Å². The molecular weight excluding hydrogens is 256 g/mol. The van der Waals surface area contributed by atoms with Crippen LogP contribution >= 0.6 is 15.9 Å². The van der Waals surface area contributed by atoms with Gasteiger partial charge in [-0.1, -0.05) is 13.8 Å². The van der Waals surface area contributed by atoms with Gasteiger partial charge in [0.1, 0.15) is 4.47 Å². The Balaban J connectivity index is 3.19. The van der Waals surface area contributed by atoms with Crippen molar-refractivity contribution in [3.8, 4) is 0 Å². The molecule has 0 aliphatic heterocycles. The Labute approximate surface area is 99.0 Å². The lowest BCUT2D eigenvalue weighted by Crippen LogP contribution is -2.32. The van der Waals surface area contributed by atoms with Gasteiger partial charge in [0, 0.05) is 0 Å². The number of H-pyrrole nitrogens is 1. The topological polar surface area (TPSA) is 37.8 Å². The Bertz CT molecular complexity index is 396. The molecule has 0 unspecified atom stereocenters. The highest BCUT2D eigenvalue weighted by Crippen LogP contribution is 2.18. The maximum Gasteiger partial charge on any atom is 0.281 e. The molecule has 0 aliphatic rings. The highest BCUT2D eigenvalue weighted by Gasteiger charge is 2.20. The third kappa shape index (κ3) is 2.74. The van der Waals surface area contributed by atoms with Gasteiger partial charge in [-0.3, -0.25) is 9.89 Å². The normalized spacial score (nSPS) is 12.5. The average Bonchev–Trinajstić information content (AvgIpc) is 2.30. The molecule has 4 heteroatoms. The Hall–Kier alpha value is -0.510. The zero-order valence-corrected chi connectivity index (χ0v) is 11.6. The lowest BCUT2D eigenvalue weighted by molar-refractivity contribution is 0.342. The van der Waals surface area contributed by atoms with E-state index >= 15 is 0 Å². The van der Waals surface area contributed by atoms with Gasteiger partial charge >= 0.3 is 0 Å². The summed E-state index contributed by atoms with van der Waals surface area (Å²) in [4.78, 5) is 11.9. The molecule has 0 saturated carbocycles. The van der Waals surface area contributed by atoms with E-state index in [4.69, 9.17) is 0 Å². The molecule has 0 saturated heterocycles. The van der Waals surface area contributed by atoms with E-state index in [9.17, 15) is 4.79 Å². The molecule has 15 heavy (non-hydrogen) atoms. The minimum Gasteiger partial charge on any atom is -0.298 e. The van der Waals surface area contributed by atoms with Crippen molar-refractivity contribution >= 4 is 15.9 Å². The monoisotopic (exact) mass is 274 g/mol. The first-order valence-electron chi connectivity index (χ1n) is 5.23. The van der Waals surface area contributed by atoms with Gasteiger partial charge in [0.2, 0.25) is 0 Å². The summed E-state index contributed by atoms with van der Waals surface area (Å²) in [7, 11) is 0. The van der Waals surface area contributed by atoms with E-state index in [1.165, 1.54) is 0 Å². The van der Waals surface area contributed by atoms with Crippen LogP contribution in [-0.2, 0) is 12.0 Å². The molecule has 0 amide bonds. The van der Waals surface area contributed by atoms with Gasteiger partial charge in [-0.2, -0.15) is 0 Å². The maximum absolute atomic E-state index is 11.9. The Morgan fingerprint density at radius 2 is 1.93 bits per heavy atom. The molecule has 0 spiro atoms. The van der Waals surface area contributed by atoms with Crippen LogP contribution in [0, 0.1) is 5.92 Å². The molecule has 86 valence electrons. The lowest BCUT2D eigenvalue weighted by Gasteiger charge is -2.19. The van der Waals surface area contributed by atoms with E-state index in [1.54, 1.807) is 4.68 Å². The largest absolute Gasteiger partial charge is 0.298 e. The van der Waals surface area contributed by atoms with Crippen molar-refractivity contribution in [1.82, 2.24) is 9.78 Å². The average molecular weight is 275 g/mol. The minimum absolute atomic E-state index is 0.0261. The van der Waals surface area contributed by atoms with Gasteiger partial charge in [-0.15, -0.1) is 0 Å². The molecule has 3 nitrogen and oxygen atoms in total. The quantitative estimate of drug-likeness (QED) is 0.885. The second-order valence-electron chi connectivity index (χ2n) is 5.31. The SMILES string of the molecule is CC(C)Cc1[nH]n(C(C)(C)C)c(=O)c1Br. The summed E-state index contributed by atoms with van der Waals surface area (Å²) in [5, 5.41) is 3.18. The predicted octanol–water partition coefficient (Wildman–Crippen LogP) is 2.89. The zero-order chi connectivity index (χ0) is 11.8. The number of rotatable bonds is 2. The summed E-state index contributed by atoms with van der Waals surface area (Å²) in [6.45, 7) is 10.3. The highest BCUT2D eigenvalue weighted by atomic mass is 79.9. The van der Waals surface area contributed by atoms with Crippen LogP contribution < -0.4 is 5.56 Å². The third-order valence-electron chi connectivity index (χ3n) is 2.19. The number of aromatic nitrogens is 2. The summed E-state index contributed by atoms with van der Waals surface area (Å²) in [6, 6.07) is 0. The fourth-order valence-corrected chi connectivity index (χ4v) is 1.91. The minimum atomic E-state index is -0.200. The molecule has 0 fully saturated rings. The molecule has 0 radical (unpaired) electrons. The van der Waals surface area contributed by atoms with Crippen molar-refractivity contribution in [2.45, 2.75) is 46.6 Å². The van der Waals surface area contributed by atoms with Crippen LogP contribution in [0.2, 0.25) is 0 Å². The molecule has 0 aromatic carbocycles. The Morgan fingerprint density at radius 1 is 1.40 bits per heavy atom. The Morgan fingerprint density at radius 3 is 2.27 bits per heavy atom. The van der Waals surface area contributed by atoms with Crippen molar-refractivity contribution in [2.75, 3.05) is 0 Å². The molecule has 0 bridgehead atoms. The van der Waals surface area contributed by atoms with E-state index in [2.05, 4.69) is 34.9 Å². The molecule has 1 aromatic heterocycles.